The topological polar surface area (TPSA) is 300 Å². The van der Waals surface area contributed by atoms with E-state index in [1.54, 1.807) is 41.5 Å². The smallest absolute Gasteiger partial charge is 0.302 e. The SMILES string of the molecule is CC=N.CC=N.CC=N.CC=N.CC=N.CC=N.CN.CN.COC(C)=O.COC(C)=O.COC(C)=O.COC(C)=O. The van der Waals surface area contributed by atoms with Crippen molar-refractivity contribution in [2.75, 3.05) is 42.5 Å². The summed E-state index contributed by atoms with van der Waals surface area (Å²) < 4.78 is 16.4. The number of esters is 4. The summed E-state index contributed by atoms with van der Waals surface area (Å²) in [7, 11) is 8.40. The molecule has 0 heterocycles. The Morgan fingerprint density at radius 1 is 0.381 bits per heavy atom. The van der Waals surface area contributed by atoms with Crippen molar-refractivity contribution in [3.05, 3.63) is 0 Å². The predicted molar refractivity (Wildman–Crippen MR) is 178 cm³/mol. The molecule has 0 spiro atoms. The summed E-state index contributed by atoms with van der Waals surface area (Å²) in [6.07, 6.45) is 7.50. The van der Waals surface area contributed by atoms with E-state index in [-0.39, 0.29) is 23.9 Å². The predicted octanol–water partition coefficient (Wildman–Crippen LogP) is 3.80. The highest BCUT2D eigenvalue weighted by Crippen LogP contribution is 1.61. The summed E-state index contributed by atoms with van der Waals surface area (Å²) in [6.45, 7) is 15.4. The molecule has 16 heteroatoms. The number of hydrogen-bond donors (Lipinski definition) is 8. The van der Waals surface area contributed by atoms with Crippen molar-refractivity contribution in [1.82, 2.24) is 0 Å². The Morgan fingerprint density at radius 2 is 0.405 bits per heavy atom. The number of nitrogens with two attached hydrogens (primary N) is 2. The van der Waals surface area contributed by atoms with E-state index in [1.165, 1.54) is 108 Å². The van der Waals surface area contributed by atoms with Crippen LogP contribution in [0.3, 0.4) is 0 Å². The maximum absolute atomic E-state index is 9.59. The van der Waals surface area contributed by atoms with Crippen molar-refractivity contribution < 1.29 is 38.1 Å². The Labute approximate surface area is 255 Å². The van der Waals surface area contributed by atoms with Gasteiger partial charge >= 0.3 is 23.9 Å². The monoisotopic (exact) mass is 616 g/mol. The van der Waals surface area contributed by atoms with Gasteiger partial charge in [0.15, 0.2) is 0 Å². The van der Waals surface area contributed by atoms with Gasteiger partial charge in [-0.1, -0.05) is 0 Å². The standard InChI is InChI=1S/4C3H6O2.6C2H5N.2CH5N/c4*1-3(4)5-2;6*1-2-3;2*1-2/h4*1-2H3;6*2-3H,1H3;2*2H2,1H3. The highest BCUT2D eigenvalue weighted by molar-refractivity contribution is 5.66. The second kappa shape index (κ2) is 149. The first-order valence-electron chi connectivity index (χ1n) is 11.6. The Morgan fingerprint density at radius 3 is 0.405 bits per heavy atom. The van der Waals surface area contributed by atoms with Gasteiger partial charge in [0.2, 0.25) is 0 Å². The van der Waals surface area contributed by atoms with Gasteiger partial charge in [0, 0.05) is 27.7 Å². The molecule has 0 rings (SSSR count). The molecular weight excluding hydrogens is 552 g/mol. The van der Waals surface area contributed by atoms with Gasteiger partial charge in [0.1, 0.15) is 0 Å². The van der Waals surface area contributed by atoms with Crippen LogP contribution in [0.15, 0.2) is 0 Å². The summed E-state index contributed by atoms with van der Waals surface area (Å²) in [4.78, 5) is 38.4. The summed E-state index contributed by atoms with van der Waals surface area (Å²) in [5.74, 6) is -0.981. The highest BCUT2D eigenvalue weighted by Gasteiger charge is 1.77. The second-order valence-corrected chi connectivity index (χ2v) is 4.51. The zero-order valence-electron chi connectivity index (χ0n) is 28.9. The van der Waals surface area contributed by atoms with Crippen molar-refractivity contribution in [3.63, 3.8) is 0 Å². The van der Waals surface area contributed by atoms with E-state index >= 15 is 0 Å². The molecule has 0 aliphatic heterocycles. The van der Waals surface area contributed by atoms with Gasteiger partial charge in [-0.15, -0.1) is 0 Å². The van der Waals surface area contributed by atoms with Crippen LogP contribution in [0, 0.1) is 32.5 Å². The molecule has 256 valence electrons. The van der Waals surface area contributed by atoms with Crippen molar-refractivity contribution in [2.24, 2.45) is 11.5 Å². The highest BCUT2D eigenvalue weighted by atomic mass is 16.5. The average molecular weight is 617 g/mol. The second-order valence-electron chi connectivity index (χ2n) is 4.51. The van der Waals surface area contributed by atoms with Crippen molar-refractivity contribution in [3.8, 4) is 0 Å². The van der Waals surface area contributed by atoms with Crippen molar-refractivity contribution in [2.45, 2.75) is 69.2 Å². The van der Waals surface area contributed by atoms with Crippen LogP contribution >= 0.6 is 0 Å². The first-order valence-corrected chi connectivity index (χ1v) is 11.6. The minimum atomic E-state index is -0.245. The fraction of sp³-hybridized carbons (Fsp3) is 0.615. The molecule has 0 fully saturated rings. The maximum Gasteiger partial charge on any atom is 0.302 e. The first-order chi connectivity index (χ1) is 19.6. The molecule has 0 bridgehead atoms. The Bertz CT molecular complexity index is 434. The summed E-state index contributed by atoms with van der Waals surface area (Å²) in [6, 6.07) is 0. The van der Waals surface area contributed by atoms with Gasteiger partial charge in [-0.05, 0) is 92.9 Å². The normalized spacial score (nSPS) is 5.38. The lowest BCUT2D eigenvalue weighted by molar-refractivity contribution is -0.138. The molecule has 0 saturated carbocycles. The van der Waals surface area contributed by atoms with E-state index < -0.39 is 0 Å². The van der Waals surface area contributed by atoms with Crippen LogP contribution in [0.2, 0.25) is 0 Å². The van der Waals surface area contributed by atoms with Gasteiger partial charge in [0.05, 0.1) is 28.4 Å². The van der Waals surface area contributed by atoms with Crippen LogP contribution < -0.4 is 11.5 Å². The van der Waals surface area contributed by atoms with Crippen molar-refractivity contribution in [1.29, 1.82) is 32.5 Å². The van der Waals surface area contributed by atoms with Crippen LogP contribution in [0.25, 0.3) is 0 Å². The molecule has 16 nitrogen and oxygen atoms in total. The number of carbonyl (C=O) groups is 4. The molecule has 0 aromatic rings. The van der Waals surface area contributed by atoms with E-state index in [4.69, 9.17) is 32.5 Å². The molecule has 0 aromatic carbocycles. The minimum absolute atomic E-state index is 0.245. The number of carbonyl (C=O) groups excluding carboxylic acids is 4. The summed E-state index contributed by atoms with van der Waals surface area (Å²) >= 11 is 0. The molecule has 0 aliphatic carbocycles. The third kappa shape index (κ3) is 2980. The molecular formula is C26H64N8O8. The molecule has 42 heavy (non-hydrogen) atoms. The zero-order valence-corrected chi connectivity index (χ0v) is 28.9. The molecule has 0 atom stereocenters. The minimum Gasteiger partial charge on any atom is -0.469 e. The molecule has 10 N–H and O–H groups in total. The molecule has 0 aromatic heterocycles. The van der Waals surface area contributed by atoms with Gasteiger partial charge in [-0.2, -0.15) is 0 Å². The third-order valence-corrected chi connectivity index (χ3v) is 1.15. The van der Waals surface area contributed by atoms with Crippen LogP contribution in [0.5, 0.6) is 0 Å². The number of hydrogen-bond acceptors (Lipinski definition) is 16. The third-order valence-electron chi connectivity index (χ3n) is 1.15. The van der Waals surface area contributed by atoms with E-state index in [0.717, 1.165) is 0 Å². The number of rotatable bonds is 0. The average Bonchev–Trinajstić information content (AvgIpc) is 2.94. The van der Waals surface area contributed by atoms with Crippen molar-refractivity contribution >= 4 is 61.2 Å². The molecule has 0 unspecified atom stereocenters. The number of ether oxygens (including phenoxy) is 4. The van der Waals surface area contributed by atoms with Crippen LogP contribution in [0.1, 0.15) is 69.2 Å². The van der Waals surface area contributed by atoms with E-state index in [2.05, 4.69) is 30.4 Å². The molecule has 0 saturated heterocycles. The van der Waals surface area contributed by atoms with E-state index in [0.29, 0.717) is 0 Å². The number of nitrogens with one attached hydrogen (secondary N) is 6. The lowest BCUT2D eigenvalue weighted by Crippen LogP contribution is -1.88. The summed E-state index contributed by atoms with van der Waals surface area (Å²) in [5, 5.41) is 36.5. The van der Waals surface area contributed by atoms with Crippen LogP contribution in [0.4, 0.5) is 0 Å². The van der Waals surface area contributed by atoms with E-state index in [1.807, 2.05) is 0 Å². The molecule has 0 amide bonds. The van der Waals surface area contributed by atoms with Gasteiger partial charge in [-0.3, -0.25) is 19.2 Å². The van der Waals surface area contributed by atoms with Gasteiger partial charge < -0.3 is 62.9 Å². The lowest BCUT2D eigenvalue weighted by atomic mass is 10.8. The first kappa shape index (κ1) is 76.9. The Kier molecular flexibility index (Phi) is 272. The maximum atomic E-state index is 9.59. The van der Waals surface area contributed by atoms with E-state index in [9.17, 15) is 19.2 Å². The zero-order chi connectivity index (χ0) is 37.4. The quantitative estimate of drug-likeness (QED) is 0.110. The molecule has 0 radical (unpaired) electrons. The van der Waals surface area contributed by atoms with Gasteiger partial charge in [0.25, 0.3) is 0 Å². The Balaban J connectivity index is -0.0000000237. The molecule has 0 aliphatic rings. The lowest BCUT2D eigenvalue weighted by Gasteiger charge is -1.80. The summed E-state index contributed by atoms with van der Waals surface area (Å²) in [5.41, 5.74) is 9.00. The fourth-order valence-corrected chi connectivity index (χ4v) is 0. The van der Waals surface area contributed by atoms with Crippen LogP contribution in [-0.4, -0.2) is 104 Å². The van der Waals surface area contributed by atoms with Crippen LogP contribution in [-0.2, 0) is 38.1 Å². The largest absolute Gasteiger partial charge is 0.469 e. The fourth-order valence-electron chi connectivity index (χ4n) is 0. The Hall–Kier alpha value is -4.18. The number of methoxy groups -OCH3 is 4. The van der Waals surface area contributed by atoms with Gasteiger partial charge in [-0.25, -0.2) is 0 Å².